The Morgan fingerprint density at radius 2 is 1.62 bits per heavy atom. The summed E-state index contributed by atoms with van der Waals surface area (Å²) in [5.41, 5.74) is 1.50. The van der Waals surface area contributed by atoms with Gasteiger partial charge in [0.2, 0.25) is 5.91 Å². The number of esters is 1. The predicted molar refractivity (Wildman–Crippen MR) is 99.3 cm³/mol. The lowest BCUT2D eigenvalue weighted by molar-refractivity contribution is -0.137. The van der Waals surface area contributed by atoms with Crippen LogP contribution < -0.4 is 10.6 Å². The number of nitrogens with one attached hydrogen (secondary N) is 2. The summed E-state index contributed by atoms with van der Waals surface area (Å²) in [4.78, 5) is 35.4. The van der Waals surface area contributed by atoms with Gasteiger partial charge in [0.1, 0.15) is 0 Å². The molecule has 2 aromatic rings. The maximum absolute atomic E-state index is 12.5. The molecule has 0 saturated heterocycles. The molecule has 0 atom stereocenters. The molecule has 0 aromatic heterocycles. The summed E-state index contributed by atoms with van der Waals surface area (Å²) >= 11 is 0. The molecule has 2 rings (SSSR count). The Hall–Kier alpha value is -3.36. The van der Waals surface area contributed by atoms with Gasteiger partial charge in [-0.25, -0.2) is 4.79 Å². The van der Waals surface area contributed by atoms with E-state index in [0.717, 1.165) is 35.4 Å². The van der Waals surface area contributed by atoms with Crippen LogP contribution in [0.1, 0.15) is 27.0 Å². The highest BCUT2D eigenvalue weighted by molar-refractivity contribution is 5.96. The van der Waals surface area contributed by atoms with Gasteiger partial charge in [0.25, 0.3) is 5.91 Å². The number of halogens is 3. The Kier molecular flexibility index (Phi) is 6.98. The third-order valence-electron chi connectivity index (χ3n) is 4.11. The van der Waals surface area contributed by atoms with E-state index in [1.807, 2.05) is 19.9 Å². The van der Waals surface area contributed by atoms with Crippen LogP contribution in [-0.4, -0.2) is 30.9 Å². The number of ether oxygens (including phenoxy) is 1. The van der Waals surface area contributed by atoms with E-state index >= 15 is 0 Å². The molecule has 2 aromatic carbocycles. The van der Waals surface area contributed by atoms with E-state index in [9.17, 15) is 27.6 Å². The Balaban J connectivity index is 1.78. The van der Waals surface area contributed by atoms with E-state index in [4.69, 9.17) is 4.74 Å². The van der Waals surface area contributed by atoms with Gasteiger partial charge in [-0.3, -0.25) is 9.59 Å². The normalized spacial score (nSPS) is 10.9. The summed E-state index contributed by atoms with van der Waals surface area (Å²) in [5.74, 6) is -2.13. The zero-order valence-corrected chi connectivity index (χ0v) is 15.7. The fourth-order valence-electron chi connectivity index (χ4n) is 2.32. The lowest BCUT2D eigenvalue weighted by atomic mass is 10.1. The summed E-state index contributed by atoms with van der Waals surface area (Å²) in [5, 5.41) is 4.96. The first-order valence-corrected chi connectivity index (χ1v) is 8.55. The van der Waals surface area contributed by atoms with Crippen molar-refractivity contribution < 1.29 is 32.3 Å². The third-order valence-corrected chi connectivity index (χ3v) is 4.11. The highest BCUT2D eigenvalue weighted by Gasteiger charge is 2.30. The van der Waals surface area contributed by atoms with Crippen molar-refractivity contribution in [3.8, 4) is 0 Å². The second-order valence-corrected chi connectivity index (χ2v) is 6.22. The van der Waals surface area contributed by atoms with Crippen LogP contribution in [0.4, 0.5) is 18.9 Å². The molecule has 9 heteroatoms. The highest BCUT2D eigenvalue weighted by atomic mass is 19.4. The second kappa shape index (κ2) is 9.22. The molecule has 0 aliphatic rings. The lowest BCUT2D eigenvalue weighted by Crippen LogP contribution is -2.35. The molecule has 6 nitrogen and oxygen atoms in total. The molecular weight excluding hydrogens is 389 g/mol. The number of aryl methyl sites for hydroxylation is 1. The Bertz CT molecular complexity index is 909. The molecule has 154 valence electrons. The van der Waals surface area contributed by atoms with Crippen LogP contribution in [0.25, 0.3) is 0 Å². The SMILES string of the molecule is Cc1cccc(NC(=O)CNC(=O)COC(=O)c2ccc(C(F)(F)F)cc2)c1C. The monoisotopic (exact) mass is 408 g/mol. The summed E-state index contributed by atoms with van der Waals surface area (Å²) in [7, 11) is 0. The molecule has 2 N–H and O–H groups in total. The van der Waals surface area contributed by atoms with Crippen molar-refractivity contribution in [2.45, 2.75) is 20.0 Å². The van der Waals surface area contributed by atoms with E-state index in [1.54, 1.807) is 12.1 Å². The third kappa shape index (κ3) is 6.34. The molecule has 0 fully saturated rings. The van der Waals surface area contributed by atoms with Crippen LogP contribution in [0.15, 0.2) is 42.5 Å². The minimum atomic E-state index is -4.51. The lowest BCUT2D eigenvalue weighted by Gasteiger charge is -2.11. The fourth-order valence-corrected chi connectivity index (χ4v) is 2.32. The molecule has 2 amide bonds. The second-order valence-electron chi connectivity index (χ2n) is 6.22. The van der Waals surface area contributed by atoms with Crippen molar-refractivity contribution in [3.63, 3.8) is 0 Å². The maximum atomic E-state index is 12.5. The number of amides is 2. The van der Waals surface area contributed by atoms with Gasteiger partial charge in [-0.05, 0) is 55.3 Å². The smallest absolute Gasteiger partial charge is 0.416 e. The van der Waals surface area contributed by atoms with E-state index in [1.165, 1.54) is 0 Å². The largest absolute Gasteiger partial charge is 0.452 e. The molecule has 0 unspecified atom stereocenters. The molecule has 0 aliphatic heterocycles. The molecule has 0 heterocycles. The zero-order valence-electron chi connectivity index (χ0n) is 15.7. The quantitative estimate of drug-likeness (QED) is 0.719. The predicted octanol–water partition coefficient (Wildman–Crippen LogP) is 3.23. The van der Waals surface area contributed by atoms with Gasteiger partial charge in [-0.15, -0.1) is 0 Å². The Morgan fingerprint density at radius 1 is 0.966 bits per heavy atom. The maximum Gasteiger partial charge on any atom is 0.416 e. The van der Waals surface area contributed by atoms with Crippen molar-refractivity contribution in [1.82, 2.24) is 5.32 Å². The zero-order chi connectivity index (χ0) is 21.6. The summed E-state index contributed by atoms with van der Waals surface area (Å²) in [6.45, 7) is 2.75. The number of anilines is 1. The summed E-state index contributed by atoms with van der Waals surface area (Å²) < 4.78 is 42.2. The van der Waals surface area contributed by atoms with E-state index in [-0.39, 0.29) is 12.1 Å². The number of hydrogen-bond acceptors (Lipinski definition) is 4. The molecule has 0 saturated carbocycles. The minimum Gasteiger partial charge on any atom is -0.452 e. The Morgan fingerprint density at radius 3 is 2.24 bits per heavy atom. The molecule has 0 aliphatic carbocycles. The number of carbonyl (C=O) groups excluding carboxylic acids is 3. The van der Waals surface area contributed by atoms with E-state index in [0.29, 0.717) is 5.69 Å². The molecule has 0 radical (unpaired) electrons. The van der Waals surface area contributed by atoms with Crippen molar-refractivity contribution in [2.75, 3.05) is 18.5 Å². The number of benzene rings is 2. The van der Waals surface area contributed by atoms with Gasteiger partial charge in [-0.2, -0.15) is 13.2 Å². The van der Waals surface area contributed by atoms with Crippen LogP contribution in [0.5, 0.6) is 0 Å². The number of carbonyl (C=O) groups is 3. The molecule has 0 bridgehead atoms. The average molecular weight is 408 g/mol. The van der Waals surface area contributed by atoms with Gasteiger partial charge in [0.05, 0.1) is 17.7 Å². The first kappa shape index (κ1) is 21.9. The van der Waals surface area contributed by atoms with Crippen molar-refractivity contribution in [1.29, 1.82) is 0 Å². The van der Waals surface area contributed by atoms with E-state index < -0.39 is 36.1 Å². The summed E-state index contributed by atoms with van der Waals surface area (Å²) in [6.07, 6.45) is -4.51. The number of hydrogen-bond donors (Lipinski definition) is 2. The van der Waals surface area contributed by atoms with Gasteiger partial charge in [0.15, 0.2) is 6.61 Å². The molecule has 29 heavy (non-hydrogen) atoms. The van der Waals surface area contributed by atoms with Gasteiger partial charge in [-0.1, -0.05) is 12.1 Å². The van der Waals surface area contributed by atoms with Crippen molar-refractivity contribution in [2.24, 2.45) is 0 Å². The first-order valence-electron chi connectivity index (χ1n) is 8.55. The average Bonchev–Trinajstić information content (AvgIpc) is 2.67. The number of rotatable bonds is 6. The van der Waals surface area contributed by atoms with Gasteiger partial charge in [0, 0.05) is 5.69 Å². The number of alkyl halides is 3. The van der Waals surface area contributed by atoms with Crippen LogP contribution in [0, 0.1) is 13.8 Å². The first-order chi connectivity index (χ1) is 13.6. The van der Waals surface area contributed by atoms with Crippen LogP contribution in [0.2, 0.25) is 0 Å². The van der Waals surface area contributed by atoms with Gasteiger partial charge < -0.3 is 15.4 Å². The van der Waals surface area contributed by atoms with Crippen LogP contribution in [-0.2, 0) is 20.5 Å². The Labute approximate surface area is 165 Å². The highest BCUT2D eigenvalue weighted by Crippen LogP contribution is 2.29. The van der Waals surface area contributed by atoms with Crippen LogP contribution in [0.3, 0.4) is 0 Å². The van der Waals surface area contributed by atoms with Crippen molar-refractivity contribution >= 4 is 23.5 Å². The van der Waals surface area contributed by atoms with Crippen molar-refractivity contribution in [3.05, 3.63) is 64.7 Å². The van der Waals surface area contributed by atoms with Crippen LogP contribution >= 0.6 is 0 Å². The van der Waals surface area contributed by atoms with E-state index in [2.05, 4.69) is 10.6 Å². The minimum absolute atomic E-state index is 0.126. The topological polar surface area (TPSA) is 84.5 Å². The molecule has 0 spiro atoms. The summed E-state index contributed by atoms with van der Waals surface area (Å²) in [6, 6.07) is 8.83. The standard InChI is InChI=1S/C20H19F3N2O4/c1-12-4-3-5-16(13(12)2)25-17(26)10-24-18(27)11-29-19(28)14-6-8-15(9-7-14)20(21,22)23/h3-9H,10-11H2,1-2H3,(H,24,27)(H,25,26). The molecular formula is C20H19F3N2O4. The fraction of sp³-hybridized carbons (Fsp3) is 0.250. The van der Waals surface area contributed by atoms with Gasteiger partial charge >= 0.3 is 12.1 Å².